The Hall–Kier alpha value is -1.29. The first kappa shape index (κ1) is 11.8. The third-order valence-electron chi connectivity index (χ3n) is 2.08. The van der Waals surface area contributed by atoms with E-state index in [4.69, 9.17) is 9.15 Å². The summed E-state index contributed by atoms with van der Waals surface area (Å²) in [7, 11) is 0. The molecule has 84 valence electrons. The summed E-state index contributed by atoms with van der Waals surface area (Å²) < 4.78 is 10.4. The van der Waals surface area contributed by atoms with Crippen molar-refractivity contribution in [3.8, 4) is 0 Å². The van der Waals surface area contributed by atoms with Crippen LogP contribution in [0.1, 0.15) is 38.1 Å². The summed E-state index contributed by atoms with van der Waals surface area (Å²) >= 11 is 0. The van der Waals surface area contributed by atoms with Gasteiger partial charge in [-0.1, -0.05) is 19.8 Å². The standard InChI is InChI=1S/C11H16O4/c1-2-3-5-10(15-8-11(12)13)9-6-4-7-14-9/h4,6-7,10H,2-3,5,8H2,1H3,(H,12,13)/p-1. The first-order valence-corrected chi connectivity index (χ1v) is 5.09. The maximum atomic E-state index is 10.3. The molecular formula is C11H15O4-. The molecule has 0 amide bonds. The molecule has 1 rings (SSSR count). The van der Waals surface area contributed by atoms with Crippen molar-refractivity contribution in [2.45, 2.75) is 32.3 Å². The van der Waals surface area contributed by atoms with Crippen LogP contribution in [0.4, 0.5) is 0 Å². The van der Waals surface area contributed by atoms with Gasteiger partial charge < -0.3 is 19.1 Å². The molecule has 0 radical (unpaired) electrons. The van der Waals surface area contributed by atoms with Crippen LogP contribution in [-0.4, -0.2) is 12.6 Å². The minimum atomic E-state index is -1.21. The fourth-order valence-corrected chi connectivity index (χ4v) is 1.34. The van der Waals surface area contributed by atoms with Gasteiger partial charge in [0.1, 0.15) is 11.9 Å². The highest BCUT2D eigenvalue weighted by Gasteiger charge is 2.14. The summed E-state index contributed by atoms with van der Waals surface area (Å²) in [5.74, 6) is -0.534. The van der Waals surface area contributed by atoms with Gasteiger partial charge in [-0.2, -0.15) is 0 Å². The van der Waals surface area contributed by atoms with Crippen molar-refractivity contribution in [3.05, 3.63) is 24.2 Å². The van der Waals surface area contributed by atoms with Gasteiger partial charge in [0.05, 0.1) is 18.8 Å². The minimum Gasteiger partial charge on any atom is -0.548 e. The molecule has 1 atom stereocenters. The average Bonchev–Trinajstić information content (AvgIpc) is 2.71. The molecule has 0 bridgehead atoms. The summed E-state index contributed by atoms with van der Waals surface area (Å²) in [6.07, 6.45) is 4.04. The highest BCUT2D eigenvalue weighted by atomic mass is 16.5. The van der Waals surface area contributed by atoms with Crippen LogP contribution >= 0.6 is 0 Å². The van der Waals surface area contributed by atoms with Crippen molar-refractivity contribution in [3.63, 3.8) is 0 Å². The Bertz CT molecular complexity index is 279. The zero-order chi connectivity index (χ0) is 11.1. The van der Waals surface area contributed by atoms with Crippen LogP contribution in [0, 0.1) is 0 Å². The molecule has 0 aliphatic carbocycles. The number of unbranched alkanes of at least 4 members (excludes halogenated alkanes) is 1. The highest BCUT2D eigenvalue weighted by Crippen LogP contribution is 2.23. The zero-order valence-electron chi connectivity index (χ0n) is 8.77. The molecule has 1 unspecified atom stereocenters. The van der Waals surface area contributed by atoms with E-state index in [1.54, 1.807) is 18.4 Å². The molecule has 1 aromatic heterocycles. The van der Waals surface area contributed by atoms with Gasteiger partial charge >= 0.3 is 0 Å². The third kappa shape index (κ3) is 4.16. The fourth-order valence-electron chi connectivity index (χ4n) is 1.34. The maximum absolute atomic E-state index is 10.3. The Kier molecular flexibility index (Phi) is 4.90. The number of hydrogen-bond donors (Lipinski definition) is 0. The normalized spacial score (nSPS) is 12.6. The summed E-state index contributed by atoms with van der Waals surface area (Å²) in [6, 6.07) is 3.55. The quantitative estimate of drug-likeness (QED) is 0.681. The lowest BCUT2D eigenvalue weighted by molar-refractivity contribution is -0.310. The Morgan fingerprint density at radius 1 is 1.67 bits per heavy atom. The van der Waals surface area contributed by atoms with E-state index < -0.39 is 12.6 Å². The van der Waals surface area contributed by atoms with Crippen LogP contribution in [0.2, 0.25) is 0 Å². The largest absolute Gasteiger partial charge is 0.548 e. The topological polar surface area (TPSA) is 62.5 Å². The fraction of sp³-hybridized carbons (Fsp3) is 0.545. The van der Waals surface area contributed by atoms with E-state index >= 15 is 0 Å². The lowest BCUT2D eigenvalue weighted by Crippen LogP contribution is -2.28. The van der Waals surface area contributed by atoms with Gasteiger partial charge in [0.2, 0.25) is 0 Å². The van der Waals surface area contributed by atoms with E-state index in [2.05, 4.69) is 6.92 Å². The van der Waals surface area contributed by atoms with Gasteiger partial charge in [-0.25, -0.2) is 0 Å². The molecule has 0 N–H and O–H groups in total. The number of carboxylic acids is 1. The lowest BCUT2D eigenvalue weighted by Gasteiger charge is -2.15. The Balaban J connectivity index is 2.49. The van der Waals surface area contributed by atoms with E-state index in [9.17, 15) is 9.90 Å². The number of carbonyl (C=O) groups is 1. The molecule has 0 aromatic carbocycles. The first-order chi connectivity index (χ1) is 7.24. The monoisotopic (exact) mass is 211 g/mol. The summed E-state index contributed by atoms with van der Waals surface area (Å²) in [6.45, 7) is 1.67. The predicted molar refractivity (Wildman–Crippen MR) is 51.9 cm³/mol. The SMILES string of the molecule is CCCCC(OCC(=O)[O-])c1ccco1. The van der Waals surface area contributed by atoms with Gasteiger partial charge in [-0.05, 0) is 18.6 Å². The van der Waals surface area contributed by atoms with E-state index in [-0.39, 0.29) is 6.10 Å². The summed E-state index contributed by atoms with van der Waals surface area (Å²) in [5.41, 5.74) is 0. The summed E-state index contributed by atoms with van der Waals surface area (Å²) in [5, 5.41) is 10.3. The van der Waals surface area contributed by atoms with Gasteiger partial charge in [0.25, 0.3) is 0 Å². The van der Waals surface area contributed by atoms with E-state index in [0.717, 1.165) is 19.3 Å². The molecule has 1 aromatic rings. The van der Waals surface area contributed by atoms with Gasteiger partial charge in [0, 0.05) is 0 Å². The first-order valence-electron chi connectivity index (χ1n) is 5.09. The molecule has 0 saturated heterocycles. The molecule has 4 nitrogen and oxygen atoms in total. The number of rotatable bonds is 7. The number of ether oxygens (including phenoxy) is 1. The van der Waals surface area contributed by atoms with Gasteiger partial charge in [-0.3, -0.25) is 0 Å². The van der Waals surface area contributed by atoms with E-state index in [0.29, 0.717) is 5.76 Å². The highest BCUT2D eigenvalue weighted by molar-refractivity contribution is 5.65. The Morgan fingerprint density at radius 3 is 3.00 bits per heavy atom. The second kappa shape index (κ2) is 6.24. The van der Waals surface area contributed by atoms with E-state index in [1.165, 1.54) is 0 Å². The van der Waals surface area contributed by atoms with Crippen LogP contribution in [0.3, 0.4) is 0 Å². The van der Waals surface area contributed by atoms with Crippen molar-refractivity contribution >= 4 is 5.97 Å². The Labute approximate surface area is 88.8 Å². The third-order valence-corrected chi connectivity index (χ3v) is 2.08. The van der Waals surface area contributed by atoms with Crippen molar-refractivity contribution in [1.82, 2.24) is 0 Å². The number of carbonyl (C=O) groups excluding carboxylic acids is 1. The van der Waals surface area contributed by atoms with Crippen LogP contribution in [0.15, 0.2) is 22.8 Å². The van der Waals surface area contributed by atoms with Gasteiger partial charge in [-0.15, -0.1) is 0 Å². The number of furan rings is 1. The smallest absolute Gasteiger partial charge is 0.132 e. The minimum absolute atomic E-state index is 0.280. The van der Waals surface area contributed by atoms with Crippen molar-refractivity contribution in [1.29, 1.82) is 0 Å². The maximum Gasteiger partial charge on any atom is 0.132 e. The van der Waals surface area contributed by atoms with Gasteiger partial charge in [0.15, 0.2) is 0 Å². The molecule has 0 aliphatic heterocycles. The molecule has 0 saturated carbocycles. The van der Waals surface area contributed by atoms with Crippen LogP contribution < -0.4 is 5.11 Å². The van der Waals surface area contributed by atoms with Crippen LogP contribution in [0.5, 0.6) is 0 Å². The van der Waals surface area contributed by atoms with Crippen LogP contribution in [0.25, 0.3) is 0 Å². The average molecular weight is 211 g/mol. The van der Waals surface area contributed by atoms with Crippen LogP contribution in [-0.2, 0) is 9.53 Å². The zero-order valence-corrected chi connectivity index (χ0v) is 8.77. The van der Waals surface area contributed by atoms with Crippen molar-refractivity contribution in [2.75, 3.05) is 6.61 Å². The number of hydrogen-bond acceptors (Lipinski definition) is 4. The molecule has 15 heavy (non-hydrogen) atoms. The second-order valence-corrected chi connectivity index (χ2v) is 3.33. The molecular weight excluding hydrogens is 196 g/mol. The lowest BCUT2D eigenvalue weighted by atomic mass is 10.1. The van der Waals surface area contributed by atoms with Crippen molar-refractivity contribution < 1.29 is 19.1 Å². The molecule has 0 spiro atoms. The molecule has 1 heterocycles. The molecule has 0 fully saturated rings. The molecule has 0 aliphatic rings. The second-order valence-electron chi connectivity index (χ2n) is 3.33. The van der Waals surface area contributed by atoms with Crippen molar-refractivity contribution in [2.24, 2.45) is 0 Å². The number of carboxylic acid groups (broad SMARTS) is 1. The predicted octanol–water partition coefficient (Wildman–Crippen LogP) is 1.28. The molecule has 4 heteroatoms. The van der Waals surface area contributed by atoms with E-state index in [1.807, 2.05) is 0 Å². The Morgan fingerprint density at radius 2 is 2.47 bits per heavy atom. The number of aliphatic carboxylic acids is 1. The summed E-state index contributed by atoms with van der Waals surface area (Å²) in [4.78, 5) is 10.3.